The molecule has 0 bridgehead atoms. The minimum absolute atomic E-state index is 0.0305. The molecule has 1 aliphatic heterocycles. The number of allylic oxidation sites excluding steroid dienone is 1. The Morgan fingerprint density at radius 1 is 1.13 bits per heavy atom. The van der Waals surface area contributed by atoms with Gasteiger partial charge in [-0.05, 0) is 19.1 Å². The Hall–Kier alpha value is -1.90. The summed E-state index contributed by atoms with van der Waals surface area (Å²) in [5, 5.41) is 0. The van der Waals surface area contributed by atoms with Gasteiger partial charge in [-0.2, -0.15) is 0 Å². The van der Waals surface area contributed by atoms with Gasteiger partial charge in [0.1, 0.15) is 0 Å². The molecule has 1 aromatic rings. The molecular weight excluding hydrogens is 190 g/mol. The first-order chi connectivity index (χ1) is 7.18. The van der Waals surface area contributed by atoms with Crippen molar-refractivity contribution in [2.45, 2.75) is 13.3 Å². The van der Waals surface area contributed by atoms with E-state index in [1.54, 1.807) is 13.1 Å². The van der Waals surface area contributed by atoms with E-state index >= 15 is 0 Å². The second-order valence-corrected chi connectivity index (χ2v) is 3.51. The Morgan fingerprint density at radius 3 is 2.47 bits per heavy atom. The summed E-state index contributed by atoms with van der Waals surface area (Å²) in [4.78, 5) is 24.4. The lowest BCUT2D eigenvalue weighted by Crippen LogP contribution is -2.32. The summed E-state index contributed by atoms with van der Waals surface area (Å²) >= 11 is 0. The van der Waals surface area contributed by atoms with Crippen LogP contribution in [-0.4, -0.2) is 11.7 Å². The molecule has 76 valence electrons. The van der Waals surface area contributed by atoms with Gasteiger partial charge >= 0.3 is 0 Å². The molecule has 0 atom stereocenters. The molecule has 1 amide bonds. The molecule has 0 radical (unpaired) electrons. The van der Waals surface area contributed by atoms with Crippen molar-refractivity contribution in [3.05, 3.63) is 42.1 Å². The Bertz CT molecular complexity index is 434. The van der Waals surface area contributed by atoms with E-state index in [-0.39, 0.29) is 18.1 Å². The zero-order valence-corrected chi connectivity index (χ0v) is 8.43. The number of hydrogen-bond donors (Lipinski definition) is 0. The highest BCUT2D eigenvalue weighted by Crippen LogP contribution is 2.20. The number of para-hydroxylation sites is 1. The highest BCUT2D eigenvalue weighted by atomic mass is 16.2. The van der Waals surface area contributed by atoms with Gasteiger partial charge in [-0.15, -0.1) is 0 Å². The number of amides is 1. The standard InChI is InChI=1S/C12H11NO2/c1-9-8-13(12(15)7-11(9)14)10-5-3-2-4-6-10/h2-6,8H,7H2,1H3. The zero-order chi connectivity index (χ0) is 10.8. The summed E-state index contributed by atoms with van der Waals surface area (Å²) in [5.41, 5.74) is 1.42. The van der Waals surface area contributed by atoms with Gasteiger partial charge in [-0.1, -0.05) is 18.2 Å². The quantitative estimate of drug-likeness (QED) is 0.651. The highest BCUT2D eigenvalue weighted by Gasteiger charge is 2.23. The predicted octanol–water partition coefficient (Wildman–Crippen LogP) is 1.90. The van der Waals surface area contributed by atoms with Gasteiger partial charge in [0.2, 0.25) is 5.91 Å². The third-order valence-electron chi connectivity index (χ3n) is 2.38. The van der Waals surface area contributed by atoms with Crippen molar-refractivity contribution in [2.24, 2.45) is 0 Å². The highest BCUT2D eigenvalue weighted by molar-refractivity contribution is 6.15. The van der Waals surface area contributed by atoms with E-state index in [2.05, 4.69) is 0 Å². The number of carbonyl (C=O) groups excluding carboxylic acids is 2. The first-order valence-corrected chi connectivity index (χ1v) is 4.77. The van der Waals surface area contributed by atoms with Gasteiger partial charge in [-0.25, -0.2) is 0 Å². The maximum atomic E-state index is 11.6. The second-order valence-electron chi connectivity index (χ2n) is 3.51. The van der Waals surface area contributed by atoms with Crippen LogP contribution in [0.4, 0.5) is 5.69 Å². The minimum Gasteiger partial charge on any atom is -0.294 e. The topological polar surface area (TPSA) is 37.4 Å². The fraction of sp³-hybridized carbons (Fsp3) is 0.167. The minimum atomic E-state index is -0.170. The molecule has 3 heteroatoms. The molecule has 0 spiro atoms. The molecule has 15 heavy (non-hydrogen) atoms. The van der Waals surface area contributed by atoms with Crippen molar-refractivity contribution >= 4 is 17.4 Å². The van der Waals surface area contributed by atoms with Crippen LogP contribution in [0.3, 0.4) is 0 Å². The van der Waals surface area contributed by atoms with Gasteiger partial charge in [-0.3, -0.25) is 14.5 Å². The van der Waals surface area contributed by atoms with E-state index in [4.69, 9.17) is 0 Å². The average molecular weight is 201 g/mol. The molecular formula is C12H11NO2. The second kappa shape index (κ2) is 3.69. The largest absolute Gasteiger partial charge is 0.294 e. The number of nitrogens with zero attached hydrogens (tertiary/aromatic N) is 1. The third-order valence-corrected chi connectivity index (χ3v) is 2.38. The Kier molecular flexibility index (Phi) is 2.37. The lowest BCUT2D eigenvalue weighted by molar-refractivity contribution is -0.125. The Labute approximate surface area is 88.0 Å². The van der Waals surface area contributed by atoms with Crippen LogP contribution < -0.4 is 4.90 Å². The monoisotopic (exact) mass is 201 g/mol. The molecule has 0 unspecified atom stereocenters. The van der Waals surface area contributed by atoms with Crippen LogP contribution >= 0.6 is 0 Å². The third kappa shape index (κ3) is 1.81. The Balaban J connectivity index is 2.38. The van der Waals surface area contributed by atoms with Crippen LogP contribution in [0.2, 0.25) is 0 Å². The Morgan fingerprint density at radius 2 is 1.80 bits per heavy atom. The van der Waals surface area contributed by atoms with Crippen LogP contribution in [0, 0.1) is 0 Å². The molecule has 0 saturated heterocycles. The summed E-state index contributed by atoms with van der Waals surface area (Å²) in [5.74, 6) is -0.260. The number of hydrogen-bond acceptors (Lipinski definition) is 2. The molecule has 2 rings (SSSR count). The number of ketones is 1. The van der Waals surface area contributed by atoms with Crippen molar-refractivity contribution in [3.63, 3.8) is 0 Å². The van der Waals surface area contributed by atoms with Crippen molar-refractivity contribution in [3.8, 4) is 0 Å². The number of Topliss-reactive ketones (excluding diaryl/α,β-unsaturated/α-hetero) is 1. The van der Waals surface area contributed by atoms with Crippen LogP contribution in [0.15, 0.2) is 42.1 Å². The lowest BCUT2D eigenvalue weighted by Gasteiger charge is -2.22. The molecule has 0 fully saturated rings. The van der Waals surface area contributed by atoms with E-state index < -0.39 is 0 Å². The number of benzene rings is 1. The van der Waals surface area contributed by atoms with Gasteiger partial charge in [0.05, 0.1) is 6.42 Å². The molecule has 3 nitrogen and oxygen atoms in total. The van der Waals surface area contributed by atoms with Crippen molar-refractivity contribution < 1.29 is 9.59 Å². The van der Waals surface area contributed by atoms with Crippen molar-refractivity contribution in [2.75, 3.05) is 4.90 Å². The lowest BCUT2D eigenvalue weighted by atomic mass is 10.1. The van der Waals surface area contributed by atoms with E-state index in [1.165, 1.54) is 4.90 Å². The van der Waals surface area contributed by atoms with Crippen LogP contribution in [0.25, 0.3) is 0 Å². The first-order valence-electron chi connectivity index (χ1n) is 4.77. The molecule has 0 saturated carbocycles. The van der Waals surface area contributed by atoms with E-state index in [1.807, 2.05) is 30.3 Å². The summed E-state index contributed by atoms with van der Waals surface area (Å²) in [6.45, 7) is 1.73. The summed E-state index contributed by atoms with van der Waals surface area (Å²) in [6.07, 6.45) is 1.57. The number of anilines is 1. The first kappa shape index (κ1) is 9.65. The number of rotatable bonds is 1. The maximum Gasteiger partial charge on any atom is 0.238 e. The fourth-order valence-corrected chi connectivity index (χ4v) is 1.51. The molecule has 0 aliphatic carbocycles. The van der Waals surface area contributed by atoms with Gasteiger partial charge in [0.25, 0.3) is 0 Å². The maximum absolute atomic E-state index is 11.6. The SMILES string of the molecule is CC1=CN(c2ccccc2)C(=O)CC1=O. The molecule has 1 aromatic carbocycles. The van der Waals surface area contributed by atoms with Crippen LogP contribution in [-0.2, 0) is 9.59 Å². The van der Waals surface area contributed by atoms with Crippen molar-refractivity contribution in [1.29, 1.82) is 0 Å². The smallest absolute Gasteiger partial charge is 0.238 e. The zero-order valence-electron chi connectivity index (χ0n) is 8.43. The predicted molar refractivity (Wildman–Crippen MR) is 57.3 cm³/mol. The normalized spacial score (nSPS) is 16.6. The van der Waals surface area contributed by atoms with E-state index in [9.17, 15) is 9.59 Å². The van der Waals surface area contributed by atoms with Gasteiger partial charge < -0.3 is 0 Å². The molecule has 1 aliphatic rings. The summed E-state index contributed by atoms with van der Waals surface area (Å²) in [6, 6.07) is 9.30. The van der Waals surface area contributed by atoms with Crippen LogP contribution in [0.1, 0.15) is 13.3 Å². The molecule has 0 aromatic heterocycles. The fourth-order valence-electron chi connectivity index (χ4n) is 1.51. The van der Waals surface area contributed by atoms with Crippen molar-refractivity contribution in [1.82, 2.24) is 0 Å². The molecule has 0 N–H and O–H groups in total. The van der Waals surface area contributed by atoms with E-state index in [0.717, 1.165) is 5.69 Å². The average Bonchev–Trinajstić information content (AvgIpc) is 2.25. The van der Waals surface area contributed by atoms with Gasteiger partial charge in [0, 0.05) is 17.5 Å². The summed E-state index contributed by atoms with van der Waals surface area (Å²) in [7, 11) is 0. The van der Waals surface area contributed by atoms with Crippen LogP contribution in [0.5, 0.6) is 0 Å². The number of carbonyl (C=O) groups is 2. The van der Waals surface area contributed by atoms with E-state index in [0.29, 0.717) is 5.57 Å². The van der Waals surface area contributed by atoms with Gasteiger partial charge in [0.15, 0.2) is 5.78 Å². The summed E-state index contributed by atoms with van der Waals surface area (Å²) < 4.78 is 0. The molecule has 1 heterocycles.